The molecule has 0 saturated heterocycles. The second kappa shape index (κ2) is 4.24. The summed E-state index contributed by atoms with van der Waals surface area (Å²) in [5, 5.41) is 4.29. The molecular weight excluding hydrogens is 232 g/mol. The molecule has 3 aromatic rings. The lowest BCUT2D eigenvalue weighted by Gasteiger charge is -2.01. The van der Waals surface area contributed by atoms with E-state index < -0.39 is 0 Å². The molecule has 0 radical (unpaired) electrons. The van der Waals surface area contributed by atoms with Crippen molar-refractivity contribution in [1.29, 1.82) is 0 Å². The van der Waals surface area contributed by atoms with Gasteiger partial charge in [-0.1, -0.05) is 36.4 Å². The lowest BCUT2D eigenvalue weighted by Crippen LogP contribution is -1.74. The SMILES string of the molecule is c1ccc(-c2sccc2-c2cccs2)cc1. The molecule has 0 aliphatic heterocycles. The van der Waals surface area contributed by atoms with Gasteiger partial charge in [0.1, 0.15) is 0 Å². The van der Waals surface area contributed by atoms with E-state index in [1.807, 2.05) is 11.3 Å². The summed E-state index contributed by atoms with van der Waals surface area (Å²) in [5.74, 6) is 0. The first-order valence-electron chi connectivity index (χ1n) is 5.12. The Balaban J connectivity index is 2.14. The number of benzene rings is 1. The van der Waals surface area contributed by atoms with Gasteiger partial charge in [-0.2, -0.15) is 0 Å². The van der Waals surface area contributed by atoms with Crippen molar-refractivity contribution in [3.63, 3.8) is 0 Å². The van der Waals surface area contributed by atoms with Crippen molar-refractivity contribution in [2.75, 3.05) is 0 Å². The predicted octanol–water partition coefficient (Wildman–Crippen LogP) is 5.14. The fourth-order valence-corrected chi connectivity index (χ4v) is 3.49. The summed E-state index contributed by atoms with van der Waals surface area (Å²) in [4.78, 5) is 2.71. The van der Waals surface area contributed by atoms with Crippen LogP contribution in [-0.2, 0) is 0 Å². The van der Waals surface area contributed by atoms with Gasteiger partial charge in [0, 0.05) is 15.3 Å². The Morgan fingerprint density at radius 3 is 2.31 bits per heavy atom. The van der Waals surface area contributed by atoms with Crippen molar-refractivity contribution in [3.8, 4) is 20.9 Å². The van der Waals surface area contributed by atoms with Crippen LogP contribution in [0.4, 0.5) is 0 Å². The van der Waals surface area contributed by atoms with E-state index in [1.165, 1.54) is 20.9 Å². The van der Waals surface area contributed by atoms with Crippen LogP contribution in [0.15, 0.2) is 59.3 Å². The number of thiophene rings is 2. The number of hydrogen-bond donors (Lipinski definition) is 0. The number of rotatable bonds is 2. The van der Waals surface area contributed by atoms with Crippen molar-refractivity contribution in [2.45, 2.75) is 0 Å². The van der Waals surface area contributed by atoms with Gasteiger partial charge in [0.05, 0.1) is 0 Å². The summed E-state index contributed by atoms with van der Waals surface area (Å²) in [6.07, 6.45) is 0. The summed E-state index contributed by atoms with van der Waals surface area (Å²) in [7, 11) is 0. The Bertz CT molecular complexity index is 562. The molecule has 0 spiro atoms. The van der Waals surface area contributed by atoms with Crippen LogP contribution >= 0.6 is 22.7 Å². The van der Waals surface area contributed by atoms with Crippen molar-refractivity contribution in [2.24, 2.45) is 0 Å². The van der Waals surface area contributed by atoms with Gasteiger partial charge in [-0.25, -0.2) is 0 Å². The predicted molar refractivity (Wildman–Crippen MR) is 73.1 cm³/mol. The Labute approximate surface area is 103 Å². The molecule has 0 bridgehead atoms. The van der Waals surface area contributed by atoms with E-state index in [0.717, 1.165) is 0 Å². The highest BCUT2D eigenvalue weighted by molar-refractivity contribution is 7.16. The molecular formula is C14H10S2. The van der Waals surface area contributed by atoms with Crippen LogP contribution in [-0.4, -0.2) is 0 Å². The first-order valence-corrected chi connectivity index (χ1v) is 6.88. The van der Waals surface area contributed by atoms with E-state index in [-0.39, 0.29) is 0 Å². The average Bonchev–Trinajstić information content (AvgIpc) is 3.01. The standard InChI is InChI=1S/C14H10S2/c1-2-5-11(6-3-1)14-12(8-10-16-14)13-7-4-9-15-13/h1-10H. The first-order chi connectivity index (χ1) is 7.95. The van der Waals surface area contributed by atoms with Crippen molar-refractivity contribution < 1.29 is 0 Å². The molecule has 1 aromatic carbocycles. The smallest absolute Gasteiger partial charge is 0.0429 e. The highest BCUT2D eigenvalue weighted by Crippen LogP contribution is 2.38. The summed E-state index contributed by atoms with van der Waals surface area (Å²) in [6, 6.07) is 17.1. The molecule has 78 valence electrons. The topological polar surface area (TPSA) is 0 Å². The molecule has 0 aliphatic carbocycles. The van der Waals surface area contributed by atoms with Gasteiger partial charge >= 0.3 is 0 Å². The molecule has 0 atom stereocenters. The normalized spacial score (nSPS) is 10.5. The molecule has 16 heavy (non-hydrogen) atoms. The third-order valence-corrected chi connectivity index (χ3v) is 4.35. The van der Waals surface area contributed by atoms with E-state index in [2.05, 4.69) is 59.3 Å². The monoisotopic (exact) mass is 242 g/mol. The Morgan fingerprint density at radius 1 is 0.688 bits per heavy atom. The quantitative estimate of drug-likeness (QED) is 0.583. The second-order valence-corrected chi connectivity index (χ2v) is 5.37. The summed E-state index contributed by atoms with van der Waals surface area (Å²) < 4.78 is 0. The van der Waals surface area contributed by atoms with Gasteiger partial charge < -0.3 is 0 Å². The largest absolute Gasteiger partial charge is 0.144 e. The van der Waals surface area contributed by atoms with Crippen molar-refractivity contribution in [3.05, 3.63) is 59.3 Å². The summed E-state index contributed by atoms with van der Waals surface area (Å²) >= 11 is 3.60. The highest BCUT2D eigenvalue weighted by Gasteiger charge is 2.08. The molecule has 2 aromatic heterocycles. The Morgan fingerprint density at radius 2 is 1.56 bits per heavy atom. The minimum atomic E-state index is 1.31. The van der Waals surface area contributed by atoms with Gasteiger partial charge in [-0.15, -0.1) is 22.7 Å². The van der Waals surface area contributed by atoms with Crippen LogP contribution in [0.2, 0.25) is 0 Å². The van der Waals surface area contributed by atoms with Crippen molar-refractivity contribution >= 4 is 22.7 Å². The third kappa shape index (κ3) is 1.70. The van der Waals surface area contributed by atoms with Gasteiger partial charge in [-0.05, 0) is 28.5 Å². The molecule has 3 rings (SSSR count). The first kappa shape index (κ1) is 9.82. The zero-order valence-corrected chi connectivity index (χ0v) is 10.2. The molecule has 0 amide bonds. The molecule has 0 unspecified atom stereocenters. The van der Waals surface area contributed by atoms with Gasteiger partial charge in [0.2, 0.25) is 0 Å². The molecule has 0 N–H and O–H groups in total. The van der Waals surface area contributed by atoms with Gasteiger partial charge in [-0.3, -0.25) is 0 Å². The van der Waals surface area contributed by atoms with Crippen LogP contribution in [0.1, 0.15) is 0 Å². The van der Waals surface area contributed by atoms with E-state index in [1.54, 1.807) is 11.3 Å². The lowest BCUT2D eigenvalue weighted by molar-refractivity contribution is 1.70. The molecule has 0 saturated carbocycles. The van der Waals surface area contributed by atoms with Gasteiger partial charge in [0.15, 0.2) is 0 Å². The molecule has 0 aliphatic rings. The van der Waals surface area contributed by atoms with Crippen LogP contribution in [0.3, 0.4) is 0 Å². The number of hydrogen-bond acceptors (Lipinski definition) is 2. The summed E-state index contributed by atoms with van der Waals surface area (Å²) in [6.45, 7) is 0. The summed E-state index contributed by atoms with van der Waals surface area (Å²) in [5.41, 5.74) is 2.66. The minimum Gasteiger partial charge on any atom is -0.144 e. The zero-order chi connectivity index (χ0) is 10.8. The van der Waals surface area contributed by atoms with E-state index >= 15 is 0 Å². The van der Waals surface area contributed by atoms with E-state index in [0.29, 0.717) is 0 Å². The molecule has 0 fully saturated rings. The molecule has 0 nitrogen and oxygen atoms in total. The Kier molecular flexibility index (Phi) is 2.60. The molecule has 2 heteroatoms. The lowest BCUT2D eigenvalue weighted by atomic mass is 10.1. The maximum absolute atomic E-state index is 2.21. The van der Waals surface area contributed by atoms with Crippen LogP contribution in [0.5, 0.6) is 0 Å². The van der Waals surface area contributed by atoms with Crippen LogP contribution in [0, 0.1) is 0 Å². The van der Waals surface area contributed by atoms with Gasteiger partial charge in [0.25, 0.3) is 0 Å². The Hall–Kier alpha value is -1.38. The maximum Gasteiger partial charge on any atom is 0.0429 e. The minimum absolute atomic E-state index is 1.31. The average molecular weight is 242 g/mol. The third-order valence-electron chi connectivity index (χ3n) is 2.49. The maximum atomic E-state index is 2.21. The zero-order valence-electron chi connectivity index (χ0n) is 8.59. The van der Waals surface area contributed by atoms with E-state index in [4.69, 9.17) is 0 Å². The highest BCUT2D eigenvalue weighted by atomic mass is 32.1. The molecule has 2 heterocycles. The fraction of sp³-hybridized carbons (Fsp3) is 0. The van der Waals surface area contributed by atoms with E-state index in [9.17, 15) is 0 Å². The van der Waals surface area contributed by atoms with Crippen LogP contribution < -0.4 is 0 Å². The second-order valence-electron chi connectivity index (χ2n) is 3.51. The van der Waals surface area contributed by atoms with Crippen LogP contribution in [0.25, 0.3) is 20.9 Å². The fourth-order valence-electron chi connectivity index (χ4n) is 1.75. The van der Waals surface area contributed by atoms with Crippen molar-refractivity contribution in [1.82, 2.24) is 0 Å².